The number of halogens is 3. The minimum absolute atomic E-state index is 0.534. The first-order valence-corrected chi connectivity index (χ1v) is 7.27. The average Bonchev–Trinajstić information content (AvgIpc) is 2.36. The van der Waals surface area contributed by atoms with Crippen LogP contribution in [-0.2, 0) is 0 Å². The number of benzene rings is 2. The van der Waals surface area contributed by atoms with E-state index in [9.17, 15) is 0 Å². The second-order valence-electron chi connectivity index (χ2n) is 3.89. The topological polar surface area (TPSA) is 21.3 Å². The van der Waals surface area contributed by atoms with E-state index in [1.807, 2.05) is 24.3 Å². The fraction of sp³-hybridized carbons (Fsp3) is 0.143. The van der Waals surface area contributed by atoms with Gasteiger partial charge in [-0.3, -0.25) is 0 Å². The second kappa shape index (κ2) is 7.04. The normalized spacial score (nSPS) is 10.3. The van der Waals surface area contributed by atoms with Gasteiger partial charge in [0.25, 0.3) is 0 Å². The summed E-state index contributed by atoms with van der Waals surface area (Å²) in [5, 5.41) is 4.40. The zero-order valence-corrected chi connectivity index (χ0v) is 13.1. The molecule has 0 aliphatic rings. The minimum Gasteiger partial charge on any atom is -0.492 e. The highest BCUT2D eigenvalue weighted by Crippen LogP contribution is 2.24. The molecule has 19 heavy (non-hydrogen) atoms. The van der Waals surface area contributed by atoms with Gasteiger partial charge in [0.2, 0.25) is 0 Å². The molecule has 2 aromatic carbocycles. The van der Waals surface area contributed by atoms with E-state index in [0.29, 0.717) is 28.9 Å². The Morgan fingerprint density at radius 3 is 2.26 bits per heavy atom. The first-order valence-electron chi connectivity index (χ1n) is 5.72. The zero-order chi connectivity index (χ0) is 13.7. The summed E-state index contributed by atoms with van der Waals surface area (Å²) in [7, 11) is 0. The summed E-state index contributed by atoms with van der Waals surface area (Å²) in [5.41, 5.74) is 1.05. The predicted octanol–water partition coefficient (Wildman–Crippen LogP) is 5.25. The summed E-state index contributed by atoms with van der Waals surface area (Å²) in [4.78, 5) is 0. The van der Waals surface area contributed by atoms with Crippen molar-refractivity contribution in [2.45, 2.75) is 0 Å². The number of ether oxygens (including phenoxy) is 1. The molecule has 0 saturated heterocycles. The maximum Gasteiger partial charge on any atom is 0.122 e. The van der Waals surface area contributed by atoms with Crippen LogP contribution in [0.2, 0.25) is 10.0 Å². The molecule has 5 heteroatoms. The highest BCUT2D eigenvalue weighted by atomic mass is 79.9. The van der Waals surface area contributed by atoms with E-state index in [1.54, 1.807) is 18.2 Å². The maximum atomic E-state index is 5.89. The second-order valence-corrected chi connectivity index (χ2v) is 5.68. The number of hydrogen-bond donors (Lipinski definition) is 1. The van der Waals surface area contributed by atoms with Crippen LogP contribution in [0.1, 0.15) is 0 Å². The van der Waals surface area contributed by atoms with E-state index in [2.05, 4.69) is 21.2 Å². The highest BCUT2D eigenvalue weighted by molar-refractivity contribution is 9.10. The van der Waals surface area contributed by atoms with Crippen molar-refractivity contribution in [3.8, 4) is 5.75 Å². The lowest BCUT2D eigenvalue weighted by Gasteiger charge is -2.09. The van der Waals surface area contributed by atoms with Crippen LogP contribution in [0.25, 0.3) is 0 Å². The third kappa shape index (κ3) is 4.94. The van der Waals surface area contributed by atoms with Crippen LogP contribution in [0.5, 0.6) is 5.75 Å². The molecule has 0 bridgehead atoms. The van der Waals surface area contributed by atoms with Gasteiger partial charge in [0.1, 0.15) is 12.4 Å². The lowest BCUT2D eigenvalue weighted by atomic mass is 10.3. The summed E-state index contributed by atoms with van der Waals surface area (Å²) < 4.78 is 6.63. The van der Waals surface area contributed by atoms with E-state index in [4.69, 9.17) is 27.9 Å². The van der Waals surface area contributed by atoms with Gasteiger partial charge >= 0.3 is 0 Å². The molecule has 100 valence electrons. The van der Waals surface area contributed by atoms with Crippen molar-refractivity contribution >= 4 is 44.8 Å². The van der Waals surface area contributed by atoms with E-state index >= 15 is 0 Å². The molecular formula is C14H12BrCl2NO. The lowest BCUT2D eigenvalue weighted by Crippen LogP contribution is -2.11. The van der Waals surface area contributed by atoms with E-state index < -0.39 is 0 Å². The molecule has 2 aromatic rings. The molecule has 0 aromatic heterocycles. The Balaban J connectivity index is 1.79. The standard InChI is InChI=1S/C14H12BrCl2NO/c15-10-1-3-13(4-2-10)18-5-6-19-14-8-11(16)7-12(17)9-14/h1-4,7-9,18H,5-6H2. The van der Waals surface area contributed by atoms with E-state index in [-0.39, 0.29) is 0 Å². The number of anilines is 1. The van der Waals surface area contributed by atoms with E-state index in [1.165, 1.54) is 0 Å². The first kappa shape index (κ1) is 14.5. The van der Waals surface area contributed by atoms with Crippen molar-refractivity contribution in [3.05, 3.63) is 57.0 Å². The molecule has 2 nitrogen and oxygen atoms in total. The molecule has 0 radical (unpaired) electrons. The van der Waals surface area contributed by atoms with Gasteiger partial charge in [-0.25, -0.2) is 0 Å². The Morgan fingerprint density at radius 2 is 1.63 bits per heavy atom. The lowest BCUT2D eigenvalue weighted by molar-refractivity contribution is 0.333. The SMILES string of the molecule is Clc1cc(Cl)cc(OCCNc2ccc(Br)cc2)c1. The Labute approximate surface area is 130 Å². The molecule has 0 aliphatic heterocycles. The van der Waals surface area contributed by atoms with Gasteiger partial charge in [-0.2, -0.15) is 0 Å². The molecule has 0 fully saturated rings. The quantitative estimate of drug-likeness (QED) is 0.735. The Kier molecular flexibility index (Phi) is 5.37. The Morgan fingerprint density at radius 1 is 1.00 bits per heavy atom. The van der Waals surface area contributed by atoms with Gasteiger partial charge in [-0.1, -0.05) is 39.1 Å². The average molecular weight is 361 g/mol. The van der Waals surface area contributed by atoms with Gasteiger partial charge < -0.3 is 10.1 Å². The van der Waals surface area contributed by atoms with Crippen molar-refractivity contribution in [3.63, 3.8) is 0 Å². The zero-order valence-electron chi connectivity index (χ0n) is 10.00. The van der Waals surface area contributed by atoms with Crippen LogP contribution in [0.15, 0.2) is 46.9 Å². The van der Waals surface area contributed by atoms with Crippen LogP contribution in [0, 0.1) is 0 Å². The number of hydrogen-bond acceptors (Lipinski definition) is 2. The monoisotopic (exact) mass is 359 g/mol. The van der Waals surface area contributed by atoms with Crippen LogP contribution < -0.4 is 10.1 Å². The van der Waals surface area contributed by atoms with Crippen LogP contribution in [0.4, 0.5) is 5.69 Å². The van der Waals surface area contributed by atoms with Crippen molar-refractivity contribution in [1.29, 1.82) is 0 Å². The molecule has 0 saturated carbocycles. The molecule has 0 unspecified atom stereocenters. The molecule has 0 atom stereocenters. The summed E-state index contributed by atoms with van der Waals surface area (Å²) in [6.45, 7) is 1.23. The van der Waals surface area contributed by atoms with Gasteiger partial charge in [0.05, 0.1) is 0 Å². The third-order valence-corrected chi connectivity index (χ3v) is 3.35. The maximum absolute atomic E-state index is 5.89. The highest BCUT2D eigenvalue weighted by Gasteiger charge is 1.99. The summed E-state index contributed by atoms with van der Waals surface area (Å²) in [5.74, 6) is 0.676. The van der Waals surface area contributed by atoms with Gasteiger partial charge in [0, 0.05) is 26.8 Å². The fourth-order valence-corrected chi connectivity index (χ4v) is 2.31. The fourth-order valence-electron chi connectivity index (χ4n) is 1.54. The van der Waals surface area contributed by atoms with Crippen molar-refractivity contribution in [2.24, 2.45) is 0 Å². The Bertz CT molecular complexity index is 525. The van der Waals surface area contributed by atoms with Gasteiger partial charge in [-0.15, -0.1) is 0 Å². The van der Waals surface area contributed by atoms with E-state index in [0.717, 1.165) is 10.2 Å². The van der Waals surface area contributed by atoms with Crippen LogP contribution in [-0.4, -0.2) is 13.2 Å². The molecule has 0 spiro atoms. The third-order valence-electron chi connectivity index (χ3n) is 2.38. The molecule has 1 N–H and O–H groups in total. The molecular weight excluding hydrogens is 349 g/mol. The summed E-state index contributed by atoms with van der Waals surface area (Å²) in [6.07, 6.45) is 0. The summed E-state index contributed by atoms with van der Waals surface area (Å²) in [6, 6.07) is 13.1. The van der Waals surface area contributed by atoms with Crippen molar-refractivity contribution in [2.75, 3.05) is 18.5 Å². The predicted molar refractivity (Wildman–Crippen MR) is 84.6 cm³/mol. The first-order chi connectivity index (χ1) is 9.13. The molecule has 0 heterocycles. The van der Waals surface area contributed by atoms with Crippen molar-refractivity contribution < 1.29 is 4.74 Å². The smallest absolute Gasteiger partial charge is 0.122 e. The molecule has 0 amide bonds. The molecule has 2 rings (SSSR count). The van der Waals surface area contributed by atoms with Crippen LogP contribution in [0.3, 0.4) is 0 Å². The number of rotatable bonds is 5. The number of nitrogens with one attached hydrogen (secondary N) is 1. The largest absolute Gasteiger partial charge is 0.492 e. The Hall–Kier alpha value is -0.900. The van der Waals surface area contributed by atoms with Crippen molar-refractivity contribution in [1.82, 2.24) is 0 Å². The van der Waals surface area contributed by atoms with Gasteiger partial charge in [-0.05, 0) is 42.5 Å². The summed E-state index contributed by atoms with van der Waals surface area (Å²) >= 11 is 15.2. The van der Waals surface area contributed by atoms with Crippen LogP contribution >= 0.6 is 39.1 Å². The van der Waals surface area contributed by atoms with Gasteiger partial charge in [0.15, 0.2) is 0 Å². The molecule has 0 aliphatic carbocycles. The minimum atomic E-state index is 0.534.